The van der Waals surface area contributed by atoms with Crippen LogP contribution in [0.25, 0.3) is 0 Å². The van der Waals surface area contributed by atoms with E-state index < -0.39 is 5.60 Å². The fourth-order valence-corrected chi connectivity index (χ4v) is 6.12. The van der Waals surface area contributed by atoms with E-state index in [1.54, 1.807) is 17.9 Å². The number of carbonyl (C=O) groups is 2. The number of nitrogens with zero attached hydrogens (tertiary/aromatic N) is 2. The van der Waals surface area contributed by atoms with E-state index >= 15 is 0 Å². The summed E-state index contributed by atoms with van der Waals surface area (Å²) in [5.74, 6) is -0.434. The number of Topliss-reactive ketones (excluding diaryl/α,β-unsaturated/α-hetero) is 1. The fraction of sp³-hybridized carbons (Fsp3) is 0.481. The van der Waals surface area contributed by atoms with Gasteiger partial charge in [0.15, 0.2) is 5.60 Å². The molecule has 0 saturated carbocycles. The lowest BCUT2D eigenvalue weighted by atomic mass is 9.88. The summed E-state index contributed by atoms with van der Waals surface area (Å²) in [4.78, 5) is 30.1. The van der Waals surface area contributed by atoms with Crippen LogP contribution in [0.3, 0.4) is 0 Å². The Bertz CT molecular complexity index is 1060. The molecule has 32 heavy (non-hydrogen) atoms. The van der Waals surface area contributed by atoms with Gasteiger partial charge in [0.2, 0.25) is 0 Å². The maximum absolute atomic E-state index is 13.5. The second-order valence-corrected chi connectivity index (χ2v) is 9.77. The lowest BCUT2D eigenvalue weighted by molar-refractivity contribution is -0.142. The molecule has 5 nitrogen and oxygen atoms in total. The quantitative estimate of drug-likeness (QED) is 0.778. The number of para-hydroxylation sites is 1. The van der Waals surface area contributed by atoms with Crippen LogP contribution in [0.1, 0.15) is 62.6 Å². The largest absolute Gasteiger partial charge is 0.375 e. The number of hydrogen-bond donors (Lipinski definition) is 1. The Morgan fingerprint density at radius 1 is 1.06 bits per heavy atom. The minimum Gasteiger partial charge on any atom is -0.375 e. The summed E-state index contributed by atoms with van der Waals surface area (Å²) in [5, 5.41) is 11.4. The number of anilines is 1. The van der Waals surface area contributed by atoms with Crippen molar-refractivity contribution in [1.82, 2.24) is 4.90 Å². The molecule has 0 spiro atoms. The number of likely N-dealkylation sites (tertiary alicyclic amines) is 1. The molecule has 1 fully saturated rings. The Kier molecular flexibility index (Phi) is 5.22. The number of amides is 1. The van der Waals surface area contributed by atoms with Crippen molar-refractivity contribution in [3.05, 3.63) is 65.2 Å². The number of hydrogen-bond acceptors (Lipinski definition) is 4. The number of benzene rings is 2. The predicted molar refractivity (Wildman–Crippen MR) is 124 cm³/mol. The van der Waals surface area contributed by atoms with Gasteiger partial charge in [-0.2, -0.15) is 0 Å². The molecule has 5 heteroatoms. The first-order valence-corrected chi connectivity index (χ1v) is 11.9. The molecule has 0 bridgehead atoms. The molecule has 2 aromatic rings. The third-order valence-electron chi connectivity index (χ3n) is 8.04. The van der Waals surface area contributed by atoms with Gasteiger partial charge in [-0.3, -0.25) is 14.5 Å². The molecule has 0 radical (unpaired) electrons. The number of aryl methyl sites for hydroxylation is 1. The van der Waals surface area contributed by atoms with Gasteiger partial charge in [0.05, 0.1) is 5.69 Å². The van der Waals surface area contributed by atoms with Crippen molar-refractivity contribution < 1.29 is 14.7 Å². The van der Waals surface area contributed by atoms with Crippen LogP contribution in [-0.4, -0.2) is 40.8 Å². The van der Waals surface area contributed by atoms with E-state index in [0.29, 0.717) is 12.0 Å². The number of carbonyl (C=O) groups excluding carboxylic acids is 2. The smallest absolute Gasteiger partial charge is 0.264 e. The lowest BCUT2D eigenvalue weighted by Gasteiger charge is -2.45. The summed E-state index contributed by atoms with van der Waals surface area (Å²) in [6, 6.07) is 16.2. The molecule has 2 unspecified atom stereocenters. The fourth-order valence-electron chi connectivity index (χ4n) is 6.12. The third-order valence-corrected chi connectivity index (χ3v) is 8.04. The average molecular weight is 433 g/mol. The third kappa shape index (κ3) is 3.13. The van der Waals surface area contributed by atoms with Crippen LogP contribution < -0.4 is 4.90 Å². The van der Waals surface area contributed by atoms with E-state index in [0.717, 1.165) is 44.5 Å². The second-order valence-electron chi connectivity index (χ2n) is 9.77. The van der Waals surface area contributed by atoms with Crippen LogP contribution in [0.2, 0.25) is 0 Å². The Morgan fingerprint density at radius 3 is 2.44 bits per heavy atom. The molecule has 0 aromatic heterocycles. The van der Waals surface area contributed by atoms with Gasteiger partial charge in [-0.05, 0) is 49.8 Å². The molecule has 1 N–H and O–H groups in total. The van der Waals surface area contributed by atoms with Gasteiger partial charge in [0.25, 0.3) is 5.91 Å². The normalized spacial score (nSPS) is 28.1. The van der Waals surface area contributed by atoms with Gasteiger partial charge in [-0.1, -0.05) is 49.4 Å². The topological polar surface area (TPSA) is 60.9 Å². The zero-order valence-electron chi connectivity index (χ0n) is 19.0. The number of aliphatic hydroxyl groups is 1. The second kappa shape index (κ2) is 7.82. The van der Waals surface area contributed by atoms with Gasteiger partial charge in [0, 0.05) is 43.1 Å². The summed E-state index contributed by atoms with van der Waals surface area (Å²) in [6.45, 7) is 5.94. The van der Waals surface area contributed by atoms with Crippen molar-refractivity contribution >= 4 is 17.4 Å². The summed E-state index contributed by atoms with van der Waals surface area (Å²) in [5.41, 5.74) is 2.53. The van der Waals surface area contributed by atoms with Crippen LogP contribution in [0, 0.1) is 0 Å². The molecule has 168 valence electrons. The molecular formula is C27H32N2O3. The monoisotopic (exact) mass is 432 g/mol. The first kappa shape index (κ1) is 21.4. The average Bonchev–Trinajstić information content (AvgIpc) is 3.27. The Balaban J connectivity index is 1.37. The van der Waals surface area contributed by atoms with Crippen molar-refractivity contribution in [3.8, 4) is 0 Å². The highest BCUT2D eigenvalue weighted by molar-refractivity contribution is 6.09. The summed E-state index contributed by atoms with van der Waals surface area (Å²) < 4.78 is 0. The zero-order chi connectivity index (χ0) is 22.5. The van der Waals surface area contributed by atoms with E-state index in [2.05, 4.69) is 36.1 Å². The van der Waals surface area contributed by atoms with Crippen LogP contribution in [0.15, 0.2) is 48.5 Å². The standard InChI is InChI=1S/C27H32N2O3/c1-3-21(30)18-27(32)23-10-6-7-11-24(23)29(25(27)31)20-13-16-28(17-14-20)26(2)15-12-19-8-4-5-9-22(19)26/h4-11,20,32H,3,12-18H2,1-2H3. The van der Waals surface area contributed by atoms with Crippen molar-refractivity contribution in [2.75, 3.05) is 18.0 Å². The Morgan fingerprint density at radius 2 is 1.72 bits per heavy atom. The molecule has 2 aromatic carbocycles. The van der Waals surface area contributed by atoms with E-state index in [1.165, 1.54) is 11.1 Å². The number of fused-ring (bicyclic) bond motifs is 2. The van der Waals surface area contributed by atoms with Gasteiger partial charge >= 0.3 is 0 Å². The van der Waals surface area contributed by atoms with Crippen molar-refractivity contribution in [2.45, 2.75) is 69.6 Å². The van der Waals surface area contributed by atoms with E-state index in [1.807, 2.05) is 18.2 Å². The van der Waals surface area contributed by atoms with Gasteiger partial charge in [-0.25, -0.2) is 0 Å². The van der Waals surface area contributed by atoms with Crippen LogP contribution in [0.4, 0.5) is 5.69 Å². The van der Waals surface area contributed by atoms with Gasteiger partial charge < -0.3 is 10.0 Å². The maximum Gasteiger partial charge on any atom is 0.264 e. The molecule has 1 amide bonds. The van der Waals surface area contributed by atoms with Crippen molar-refractivity contribution in [3.63, 3.8) is 0 Å². The number of rotatable bonds is 5. The van der Waals surface area contributed by atoms with Gasteiger partial charge in [0.1, 0.15) is 5.78 Å². The SMILES string of the molecule is CCC(=O)CC1(O)C(=O)N(C2CCN(C3(C)CCc4ccccc43)CC2)c2ccccc21. The number of piperidine rings is 1. The first-order chi connectivity index (χ1) is 15.4. The first-order valence-electron chi connectivity index (χ1n) is 11.9. The molecule has 1 aliphatic carbocycles. The number of ketones is 1. The molecule has 3 aliphatic rings. The highest BCUT2D eigenvalue weighted by Gasteiger charge is 2.53. The molecule has 2 atom stereocenters. The van der Waals surface area contributed by atoms with Crippen molar-refractivity contribution in [2.24, 2.45) is 0 Å². The van der Waals surface area contributed by atoms with E-state index in [4.69, 9.17) is 0 Å². The van der Waals surface area contributed by atoms with Crippen LogP contribution >= 0.6 is 0 Å². The van der Waals surface area contributed by atoms with Crippen molar-refractivity contribution in [1.29, 1.82) is 0 Å². The maximum atomic E-state index is 13.5. The van der Waals surface area contributed by atoms with Crippen LogP contribution in [0.5, 0.6) is 0 Å². The Labute approximate surface area is 190 Å². The van der Waals surface area contributed by atoms with E-state index in [-0.39, 0.29) is 29.7 Å². The summed E-state index contributed by atoms with van der Waals surface area (Å²) in [7, 11) is 0. The summed E-state index contributed by atoms with van der Waals surface area (Å²) in [6.07, 6.45) is 4.12. The molecule has 1 saturated heterocycles. The van der Waals surface area contributed by atoms with Gasteiger partial charge in [-0.15, -0.1) is 0 Å². The Hall–Kier alpha value is -2.50. The van der Waals surface area contributed by atoms with Crippen LogP contribution in [-0.2, 0) is 27.1 Å². The molecule has 2 heterocycles. The van der Waals surface area contributed by atoms with E-state index in [9.17, 15) is 14.7 Å². The summed E-state index contributed by atoms with van der Waals surface area (Å²) >= 11 is 0. The predicted octanol–water partition coefficient (Wildman–Crippen LogP) is 3.92. The highest BCUT2D eigenvalue weighted by Crippen LogP contribution is 2.46. The molecule has 2 aliphatic heterocycles. The zero-order valence-corrected chi connectivity index (χ0v) is 19.0. The minimum absolute atomic E-state index is 0.0332. The minimum atomic E-state index is -1.74. The molecule has 5 rings (SSSR count). The lowest BCUT2D eigenvalue weighted by Crippen LogP contribution is -2.53. The molecular weight excluding hydrogens is 400 g/mol. The highest BCUT2D eigenvalue weighted by atomic mass is 16.3.